The first-order chi connectivity index (χ1) is 18.7. The van der Waals surface area contributed by atoms with Crippen LogP contribution in [0.4, 0.5) is 0 Å². The second-order valence-electron chi connectivity index (χ2n) is 10.1. The molecule has 0 spiro atoms. The van der Waals surface area contributed by atoms with Crippen molar-refractivity contribution < 1.29 is 44.1 Å². The quantitative estimate of drug-likeness (QED) is 0.279. The van der Waals surface area contributed by atoms with E-state index >= 15 is 0 Å². The van der Waals surface area contributed by atoms with Crippen molar-refractivity contribution in [3.8, 4) is 5.75 Å². The van der Waals surface area contributed by atoms with Crippen molar-refractivity contribution in [3.63, 3.8) is 0 Å². The lowest BCUT2D eigenvalue weighted by molar-refractivity contribution is -0.170. The van der Waals surface area contributed by atoms with Crippen LogP contribution in [-0.4, -0.2) is 98.7 Å². The van der Waals surface area contributed by atoms with Crippen molar-refractivity contribution in [1.82, 2.24) is 15.0 Å². The number of carboxylic acid groups (broad SMARTS) is 3. The van der Waals surface area contributed by atoms with Crippen molar-refractivity contribution >= 4 is 17.9 Å². The van der Waals surface area contributed by atoms with Crippen LogP contribution in [0.2, 0.25) is 0 Å². The standard InChI is InChI=1S/C22H31N3O2.C6H8O7/c1-16(2)14-24-8-10-25(11-9-24)15-19-6-7-22(26-5)20(12-19)13-21-17(3)23-27-18(21)4;7-3(8)1-6(13,5(11)12)2-4(9)10/h6-7,12H,1,8-11,13-15H2,2-5H3;13H,1-2H2,(H,7,8)(H,9,10)(H,11,12). The molecule has 1 aliphatic heterocycles. The molecule has 1 fully saturated rings. The maximum atomic E-state index is 10.3. The summed E-state index contributed by atoms with van der Waals surface area (Å²) in [6.45, 7) is 16.5. The van der Waals surface area contributed by atoms with Crippen molar-refractivity contribution in [3.05, 3.63) is 58.5 Å². The zero-order valence-electron chi connectivity index (χ0n) is 23.5. The third kappa shape index (κ3) is 9.78. The highest BCUT2D eigenvalue weighted by Crippen LogP contribution is 2.26. The highest BCUT2D eigenvalue weighted by Gasteiger charge is 2.40. The molecule has 0 amide bonds. The van der Waals surface area contributed by atoms with Gasteiger partial charge in [-0.3, -0.25) is 19.4 Å². The van der Waals surface area contributed by atoms with Crippen LogP contribution in [0.1, 0.15) is 47.9 Å². The molecule has 1 saturated heterocycles. The van der Waals surface area contributed by atoms with Crippen LogP contribution in [-0.2, 0) is 27.3 Å². The van der Waals surface area contributed by atoms with Gasteiger partial charge in [-0.2, -0.15) is 0 Å². The lowest BCUT2D eigenvalue weighted by Crippen LogP contribution is -2.46. The van der Waals surface area contributed by atoms with E-state index in [1.54, 1.807) is 7.11 Å². The molecule has 0 atom stereocenters. The summed E-state index contributed by atoms with van der Waals surface area (Å²) in [7, 11) is 1.73. The topological polar surface area (TPSA) is 174 Å². The number of hydrogen-bond acceptors (Lipinski definition) is 9. The second kappa shape index (κ2) is 14.6. The van der Waals surface area contributed by atoms with Gasteiger partial charge >= 0.3 is 17.9 Å². The number of aliphatic hydroxyl groups is 1. The molecule has 220 valence electrons. The van der Waals surface area contributed by atoms with Gasteiger partial charge in [0.05, 0.1) is 25.6 Å². The summed E-state index contributed by atoms with van der Waals surface area (Å²) in [5, 5.41) is 37.9. The van der Waals surface area contributed by atoms with Gasteiger partial charge in [0.15, 0.2) is 5.60 Å². The Bertz CT molecular complexity index is 1160. The van der Waals surface area contributed by atoms with Gasteiger partial charge in [-0.05, 0) is 38.0 Å². The van der Waals surface area contributed by atoms with Crippen LogP contribution in [0.5, 0.6) is 5.75 Å². The summed E-state index contributed by atoms with van der Waals surface area (Å²) >= 11 is 0. The maximum Gasteiger partial charge on any atom is 0.336 e. The fourth-order valence-electron chi connectivity index (χ4n) is 4.47. The number of methoxy groups -OCH3 is 1. The Labute approximate surface area is 233 Å². The minimum absolute atomic E-state index is 0.782. The Morgan fingerprint density at radius 1 is 1.05 bits per heavy atom. The van der Waals surface area contributed by atoms with Crippen LogP contribution in [0.15, 0.2) is 34.9 Å². The summed E-state index contributed by atoms with van der Waals surface area (Å²) in [6, 6.07) is 6.53. The summed E-state index contributed by atoms with van der Waals surface area (Å²) in [4.78, 5) is 35.5. The Morgan fingerprint density at radius 3 is 2.08 bits per heavy atom. The summed E-state index contributed by atoms with van der Waals surface area (Å²) in [5.41, 5.74) is 3.11. The number of hydrogen-bond donors (Lipinski definition) is 4. The molecule has 0 radical (unpaired) electrons. The van der Waals surface area contributed by atoms with Gasteiger partial charge in [-0.25, -0.2) is 4.79 Å². The molecule has 2 aromatic rings. The Hall–Kier alpha value is -3.74. The highest BCUT2D eigenvalue weighted by molar-refractivity contribution is 5.88. The largest absolute Gasteiger partial charge is 0.496 e. The van der Waals surface area contributed by atoms with Gasteiger partial charge in [-0.15, -0.1) is 0 Å². The molecule has 0 bridgehead atoms. The number of piperazine rings is 1. The normalized spacial score (nSPS) is 14.2. The lowest BCUT2D eigenvalue weighted by atomic mass is 9.96. The highest BCUT2D eigenvalue weighted by atomic mass is 16.5. The molecule has 2 heterocycles. The zero-order chi connectivity index (χ0) is 30.0. The van der Waals surface area contributed by atoms with Gasteiger partial charge < -0.3 is 29.7 Å². The average Bonchev–Trinajstić information content (AvgIpc) is 3.16. The first-order valence-corrected chi connectivity index (χ1v) is 12.8. The van der Waals surface area contributed by atoms with E-state index in [-0.39, 0.29) is 0 Å². The number of rotatable bonds is 12. The second-order valence-corrected chi connectivity index (χ2v) is 10.1. The smallest absolute Gasteiger partial charge is 0.336 e. The van der Waals surface area contributed by atoms with E-state index in [4.69, 9.17) is 29.7 Å². The number of nitrogens with zero attached hydrogens (tertiary/aromatic N) is 3. The molecule has 4 N–H and O–H groups in total. The van der Waals surface area contributed by atoms with E-state index in [0.29, 0.717) is 0 Å². The number of aliphatic carboxylic acids is 3. The van der Waals surface area contributed by atoms with E-state index in [1.165, 1.54) is 16.7 Å². The molecule has 0 saturated carbocycles. The fourth-order valence-corrected chi connectivity index (χ4v) is 4.47. The molecular weight excluding hydrogens is 522 g/mol. The molecule has 1 aromatic carbocycles. The first-order valence-electron chi connectivity index (χ1n) is 12.8. The Kier molecular flexibility index (Phi) is 11.8. The molecule has 12 heteroatoms. The Morgan fingerprint density at radius 2 is 1.62 bits per heavy atom. The van der Waals surface area contributed by atoms with Gasteiger partial charge in [0, 0.05) is 51.3 Å². The van der Waals surface area contributed by atoms with E-state index in [1.807, 2.05) is 13.8 Å². The molecule has 12 nitrogen and oxygen atoms in total. The third-order valence-electron chi connectivity index (χ3n) is 6.54. The minimum atomic E-state index is -2.74. The van der Waals surface area contributed by atoms with Crippen LogP contribution in [0.25, 0.3) is 0 Å². The van der Waals surface area contributed by atoms with Crippen LogP contribution in [0.3, 0.4) is 0 Å². The van der Waals surface area contributed by atoms with Crippen LogP contribution < -0.4 is 4.74 Å². The van der Waals surface area contributed by atoms with Crippen LogP contribution >= 0.6 is 0 Å². The molecule has 0 unspecified atom stereocenters. The van der Waals surface area contributed by atoms with Crippen molar-refractivity contribution in [2.75, 3.05) is 39.8 Å². The van der Waals surface area contributed by atoms with E-state index in [2.05, 4.69) is 46.7 Å². The monoisotopic (exact) mass is 561 g/mol. The number of ether oxygens (including phenoxy) is 1. The fraction of sp³-hybridized carbons (Fsp3) is 0.500. The Balaban J connectivity index is 0.000000366. The summed E-state index contributed by atoms with van der Waals surface area (Å²) < 4.78 is 10.9. The summed E-state index contributed by atoms with van der Waals surface area (Å²) in [6.07, 6.45) is -1.51. The van der Waals surface area contributed by atoms with Crippen LogP contribution in [0, 0.1) is 13.8 Å². The van der Waals surface area contributed by atoms with Gasteiger partial charge in [-0.1, -0.05) is 29.4 Å². The average molecular weight is 562 g/mol. The molecule has 1 aromatic heterocycles. The molecule has 0 aliphatic carbocycles. The van der Waals surface area contributed by atoms with Gasteiger partial charge in [0.25, 0.3) is 0 Å². The third-order valence-corrected chi connectivity index (χ3v) is 6.54. The summed E-state index contributed by atoms with van der Waals surface area (Å²) in [5.74, 6) is -3.21. The van der Waals surface area contributed by atoms with E-state index in [0.717, 1.165) is 68.5 Å². The first kappa shape index (κ1) is 32.5. The van der Waals surface area contributed by atoms with Gasteiger partial charge in [0.2, 0.25) is 0 Å². The van der Waals surface area contributed by atoms with Crippen molar-refractivity contribution in [2.45, 2.75) is 52.2 Å². The molecule has 3 rings (SSSR count). The predicted octanol–water partition coefficient (Wildman–Crippen LogP) is 2.34. The molecule has 1 aliphatic rings. The minimum Gasteiger partial charge on any atom is -0.496 e. The predicted molar refractivity (Wildman–Crippen MR) is 145 cm³/mol. The number of carboxylic acids is 3. The van der Waals surface area contributed by atoms with Crippen molar-refractivity contribution in [2.24, 2.45) is 0 Å². The number of aryl methyl sites for hydroxylation is 2. The zero-order valence-corrected chi connectivity index (χ0v) is 23.5. The molecule has 40 heavy (non-hydrogen) atoms. The number of aromatic nitrogens is 1. The van der Waals surface area contributed by atoms with Gasteiger partial charge in [0.1, 0.15) is 11.5 Å². The lowest BCUT2D eigenvalue weighted by Gasteiger charge is -2.34. The number of carbonyl (C=O) groups is 3. The SMILES string of the molecule is C=C(C)CN1CCN(Cc2ccc(OC)c(Cc3c(C)noc3C)c2)CC1.O=C(O)CC(O)(CC(=O)O)C(=O)O. The van der Waals surface area contributed by atoms with Crippen molar-refractivity contribution in [1.29, 1.82) is 0 Å². The maximum absolute atomic E-state index is 10.3. The molecular formula is C28H39N3O9. The number of benzene rings is 1. The van der Waals surface area contributed by atoms with E-state index < -0.39 is 36.4 Å². The van der Waals surface area contributed by atoms with E-state index in [9.17, 15) is 14.4 Å².